The van der Waals surface area contributed by atoms with Gasteiger partial charge in [0.05, 0.1) is 29.3 Å². The molecule has 0 amide bonds. The lowest BCUT2D eigenvalue weighted by Gasteiger charge is -2.16. The first-order valence-corrected chi connectivity index (χ1v) is 15.4. The van der Waals surface area contributed by atoms with Gasteiger partial charge < -0.3 is 24.7 Å². The van der Waals surface area contributed by atoms with Gasteiger partial charge in [0, 0.05) is 30.6 Å². The number of phosphoric acid groups is 1. The Bertz CT molecular complexity index is 1620. The number of hydrogen-bond acceptors (Lipinski definition) is 9. The Kier molecular flexibility index (Phi) is 10.4. The number of aromatic nitrogens is 3. The Balaban J connectivity index is 1.68. The van der Waals surface area contributed by atoms with E-state index < -0.39 is 7.82 Å². The fraction of sp³-hybridized carbons (Fsp3) is 0.393. The number of unbranched alkanes of at least 4 members (excludes halogenated alkanes) is 1. The molecule has 0 aliphatic rings. The molecule has 0 saturated carbocycles. The van der Waals surface area contributed by atoms with Crippen LogP contribution in [0.3, 0.4) is 0 Å². The van der Waals surface area contributed by atoms with Crippen LogP contribution in [0.2, 0.25) is 0 Å². The Morgan fingerprint density at radius 3 is 2.68 bits per heavy atom. The molecule has 13 heteroatoms. The van der Waals surface area contributed by atoms with E-state index in [0.717, 1.165) is 59.9 Å². The topological polar surface area (TPSA) is 165 Å². The number of phenols is 1. The van der Waals surface area contributed by atoms with Gasteiger partial charge in [-0.05, 0) is 55.6 Å². The van der Waals surface area contributed by atoms with Crippen molar-refractivity contribution < 1.29 is 28.7 Å². The van der Waals surface area contributed by atoms with E-state index in [2.05, 4.69) is 34.3 Å². The number of ether oxygens (including phenoxy) is 1. The minimum Gasteiger partial charge on any atom is -0.504 e. The van der Waals surface area contributed by atoms with E-state index in [1.165, 1.54) is 6.07 Å². The Hall–Kier alpha value is -3.37. The number of nitrogen functional groups attached to an aromatic ring is 1. The summed E-state index contributed by atoms with van der Waals surface area (Å²) in [5, 5.41) is 13.6. The number of isothiocyanates is 1. The van der Waals surface area contributed by atoms with Gasteiger partial charge in [0.2, 0.25) is 0 Å². The summed E-state index contributed by atoms with van der Waals surface area (Å²) in [5.41, 5.74) is 9.93. The maximum atomic E-state index is 11.6. The fourth-order valence-corrected chi connectivity index (χ4v) is 5.26. The van der Waals surface area contributed by atoms with Crippen molar-refractivity contribution in [3.05, 3.63) is 53.3 Å². The van der Waals surface area contributed by atoms with Crippen molar-refractivity contribution in [1.29, 1.82) is 0 Å². The van der Waals surface area contributed by atoms with Crippen molar-refractivity contribution in [2.24, 2.45) is 4.99 Å². The van der Waals surface area contributed by atoms with Crippen molar-refractivity contribution >= 4 is 53.0 Å². The Morgan fingerprint density at radius 2 is 1.93 bits per heavy atom. The monoisotopic (exact) mass is 599 g/mol. The van der Waals surface area contributed by atoms with Crippen LogP contribution in [0.5, 0.6) is 11.5 Å². The summed E-state index contributed by atoms with van der Waals surface area (Å²) in [7, 11) is -4.92. The molecule has 218 valence electrons. The summed E-state index contributed by atoms with van der Waals surface area (Å²) in [6, 6.07) is 10.6. The molecule has 4 rings (SSSR count). The number of thiocarbonyl (C=S) groups is 1. The van der Waals surface area contributed by atoms with Gasteiger partial charge in [0.1, 0.15) is 11.3 Å². The number of imidazole rings is 1. The smallest absolute Gasteiger partial charge is 0.504 e. The van der Waals surface area contributed by atoms with Crippen LogP contribution in [0, 0.1) is 0 Å². The summed E-state index contributed by atoms with van der Waals surface area (Å²) in [6.07, 6.45) is 4.95. The number of benzene rings is 2. The molecule has 2 heterocycles. The number of anilines is 1. The van der Waals surface area contributed by atoms with E-state index in [-0.39, 0.29) is 18.0 Å². The minimum absolute atomic E-state index is 0.146. The van der Waals surface area contributed by atoms with Crippen LogP contribution in [0.25, 0.3) is 21.9 Å². The lowest BCUT2D eigenvalue weighted by molar-refractivity contribution is 0.131. The zero-order chi connectivity index (χ0) is 29.4. The van der Waals surface area contributed by atoms with Crippen molar-refractivity contribution in [2.45, 2.75) is 52.0 Å². The molecule has 2 aromatic carbocycles. The highest BCUT2D eigenvalue weighted by Crippen LogP contribution is 2.44. The molecule has 41 heavy (non-hydrogen) atoms. The first-order chi connectivity index (χ1) is 19.7. The second-order valence-electron chi connectivity index (χ2n) is 9.65. The van der Waals surface area contributed by atoms with Gasteiger partial charge >= 0.3 is 7.82 Å². The number of hydrogen-bond donors (Lipinski definition) is 4. The molecule has 11 nitrogen and oxygen atoms in total. The predicted octanol–water partition coefficient (Wildman–Crippen LogP) is 5.18. The molecule has 0 aliphatic heterocycles. The lowest BCUT2D eigenvalue weighted by Crippen LogP contribution is -2.07. The zero-order valence-electron chi connectivity index (χ0n) is 22.8. The molecule has 0 radical (unpaired) electrons. The predicted molar refractivity (Wildman–Crippen MR) is 162 cm³/mol. The maximum Gasteiger partial charge on any atom is 0.524 e. The zero-order valence-corrected chi connectivity index (χ0v) is 24.5. The van der Waals surface area contributed by atoms with Crippen LogP contribution < -0.4 is 10.3 Å². The van der Waals surface area contributed by atoms with Gasteiger partial charge in [0.15, 0.2) is 17.3 Å². The van der Waals surface area contributed by atoms with E-state index in [0.29, 0.717) is 43.1 Å². The van der Waals surface area contributed by atoms with E-state index in [1.54, 1.807) is 12.1 Å². The number of phosphoric ester groups is 1. The van der Waals surface area contributed by atoms with Crippen LogP contribution in [0.4, 0.5) is 5.82 Å². The van der Waals surface area contributed by atoms with Crippen molar-refractivity contribution in [2.75, 3.05) is 25.5 Å². The molecule has 0 aliphatic carbocycles. The molecule has 0 unspecified atom stereocenters. The second kappa shape index (κ2) is 14.0. The third-order valence-corrected chi connectivity index (χ3v) is 7.14. The number of pyridine rings is 1. The van der Waals surface area contributed by atoms with E-state index in [1.807, 2.05) is 22.8 Å². The highest BCUT2D eigenvalue weighted by atomic mass is 32.1. The summed E-state index contributed by atoms with van der Waals surface area (Å²) < 4.78 is 24.2. The summed E-state index contributed by atoms with van der Waals surface area (Å²) in [6.45, 7) is 4.11. The van der Waals surface area contributed by atoms with E-state index in [4.69, 9.17) is 20.0 Å². The molecule has 0 spiro atoms. The van der Waals surface area contributed by atoms with Gasteiger partial charge in [-0.2, -0.15) is 0 Å². The molecule has 0 bridgehead atoms. The van der Waals surface area contributed by atoms with Crippen molar-refractivity contribution in [3.8, 4) is 11.5 Å². The molecule has 0 saturated heterocycles. The van der Waals surface area contributed by atoms with Gasteiger partial charge in [-0.1, -0.05) is 37.6 Å². The highest BCUT2D eigenvalue weighted by molar-refractivity contribution is 7.78. The number of para-hydroxylation sites is 1. The first kappa shape index (κ1) is 30.6. The molecule has 0 fully saturated rings. The fourth-order valence-electron chi connectivity index (χ4n) is 4.72. The van der Waals surface area contributed by atoms with Crippen LogP contribution in [-0.2, 0) is 28.7 Å². The van der Waals surface area contributed by atoms with Crippen molar-refractivity contribution in [1.82, 2.24) is 14.5 Å². The van der Waals surface area contributed by atoms with Crippen LogP contribution in [-0.4, -0.2) is 54.3 Å². The standard InChI is InChI=1S/C28H34N5O6PS/c1-2-3-10-24-32-25-26(33(24)17-20-8-4-9-23(34)27(20)39-40(35,36)37)21-12-11-19(16-22(21)31-28(25)29)7-5-14-38-15-6-13-30-18-41/h4,8-9,11-12,16,34H,2-3,5-7,10,13-15,17H2,1H3,(H2,29,31)(H2,35,36,37). The number of phenolic OH excluding ortho intramolecular Hbond substituents is 1. The molecule has 4 aromatic rings. The highest BCUT2D eigenvalue weighted by Gasteiger charge is 2.24. The second-order valence-corrected chi connectivity index (χ2v) is 11.0. The molecule has 5 N–H and O–H groups in total. The van der Waals surface area contributed by atoms with Crippen molar-refractivity contribution in [3.63, 3.8) is 0 Å². The van der Waals surface area contributed by atoms with E-state index in [9.17, 15) is 19.5 Å². The maximum absolute atomic E-state index is 11.6. The molecular formula is C28H34N5O6PS. The third-order valence-electron chi connectivity index (χ3n) is 6.59. The van der Waals surface area contributed by atoms with E-state index >= 15 is 0 Å². The number of nitrogens with zero attached hydrogens (tertiary/aromatic N) is 4. The van der Waals surface area contributed by atoms with Gasteiger partial charge in [-0.15, -0.1) is 0 Å². The average Bonchev–Trinajstić information content (AvgIpc) is 3.29. The Morgan fingerprint density at radius 1 is 1.12 bits per heavy atom. The van der Waals surface area contributed by atoms with Gasteiger partial charge in [-0.3, -0.25) is 9.79 Å². The van der Waals surface area contributed by atoms with Crippen LogP contribution >= 0.6 is 20.0 Å². The summed E-state index contributed by atoms with van der Waals surface area (Å²) in [5.74, 6) is 0.414. The van der Waals surface area contributed by atoms with Gasteiger partial charge in [-0.25, -0.2) is 19.5 Å². The summed E-state index contributed by atoms with van der Waals surface area (Å²) in [4.78, 5) is 32.2. The molecule has 2 aromatic heterocycles. The number of nitrogens with two attached hydrogens (primary N) is 1. The van der Waals surface area contributed by atoms with Crippen LogP contribution in [0.15, 0.2) is 41.4 Å². The lowest BCUT2D eigenvalue weighted by atomic mass is 10.1. The molecule has 0 atom stereocenters. The quantitative estimate of drug-likeness (QED) is 0.0619. The number of aromatic hydroxyl groups is 1. The Labute approximate surface area is 243 Å². The largest absolute Gasteiger partial charge is 0.524 e. The number of aliphatic imine (C=N–C) groups is 1. The first-order valence-electron chi connectivity index (χ1n) is 13.5. The normalized spacial score (nSPS) is 11.7. The number of rotatable bonds is 15. The molecular weight excluding hydrogens is 565 g/mol. The average molecular weight is 600 g/mol. The van der Waals surface area contributed by atoms with Crippen LogP contribution in [0.1, 0.15) is 49.6 Å². The summed E-state index contributed by atoms with van der Waals surface area (Å²) >= 11 is 4.56. The van der Waals surface area contributed by atoms with Gasteiger partial charge in [0.25, 0.3) is 0 Å². The third kappa shape index (κ3) is 7.89. The minimum atomic E-state index is -4.92. The number of aryl methyl sites for hydroxylation is 2. The number of fused-ring (bicyclic) bond motifs is 3. The SMILES string of the molecule is CCCCc1nc2c(N)nc3cc(CCCOCCCN=C=S)ccc3c2n1Cc1cccc(O)c1OP(=O)(O)O.